The molecule has 0 N–H and O–H groups in total. The van der Waals surface area contributed by atoms with Crippen LogP contribution in [0.3, 0.4) is 0 Å². The van der Waals surface area contributed by atoms with Crippen LogP contribution in [0.25, 0.3) is 0 Å². The van der Waals surface area contributed by atoms with Crippen molar-refractivity contribution in [1.82, 2.24) is 4.57 Å². The summed E-state index contributed by atoms with van der Waals surface area (Å²) in [6, 6.07) is 4.19. The average molecular weight is 148 g/mol. The van der Waals surface area contributed by atoms with Crippen molar-refractivity contribution in [3.63, 3.8) is 0 Å². The summed E-state index contributed by atoms with van der Waals surface area (Å²) in [5.74, 6) is 0. The van der Waals surface area contributed by atoms with Gasteiger partial charge in [-0.05, 0) is 25.0 Å². The smallest absolute Gasteiger partial charge is 0.0618 e. The van der Waals surface area contributed by atoms with E-state index in [1.807, 2.05) is 0 Å². The second-order valence-electron chi connectivity index (χ2n) is 2.94. The van der Waals surface area contributed by atoms with E-state index in [1.165, 1.54) is 17.8 Å². The zero-order valence-corrected chi connectivity index (χ0v) is 6.75. The van der Waals surface area contributed by atoms with E-state index < -0.39 is 0 Å². The van der Waals surface area contributed by atoms with E-state index in [9.17, 15) is 0 Å². The Morgan fingerprint density at radius 1 is 1.55 bits per heavy atom. The molecule has 0 spiro atoms. The Morgan fingerprint density at radius 3 is 3.00 bits per heavy atom. The lowest BCUT2D eigenvalue weighted by Crippen LogP contribution is -2.02. The van der Waals surface area contributed by atoms with Crippen molar-refractivity contribution in [2.24, 2.45) is 12.0 Å². The van der Waals surface area contributed by atoms with Gasteiger partial charge in [0.15, 0.2) is 0 Å². The normalized spacial score (nSPS) is 17.0. The lowest BCUT2D eigenvalue weighted by atomic mass is 10.2. The summed E-state index contributed by atoms with van der Waals surface area (Å²) in [6.45, 7) is 1.01. The van der Waals surface area contributed by atoms with Gasteiger partial charge in [-0.25, -0.2) is 0 Å². The maximum absolute atomic E-state index is 4.43. The molecule has 2 rings (SSSR count). The molecule has 1 aliphatic rings. The molecule has 0 unspecified atom stereocenters. The van der Waals surface area contributed by atoms with Crippen molar-refractivity contribution in [3.8, 4) is 0 Å². The van der Waals surface area contributed by atoms with Gasteiger partial charge in [0, 0.05) is 19.8 Å². The van der Waals surface area contributed by atoms with Gasteiger partial charge in [-0.1, -0.05) is 0 Å². The van der Waals surface area contributed by atoms with Crippen LogP contribution < -0.4 is 0 Å². The van der Waals surface area contributed by atoms with Gasteiger partial charge in [-0.2, -0.15) is 0 Å². The highest BCUT2D eigenvalue weighted by atomic mass is 14.9. The van der Waals surface area contributed by atoms with Crippen LogP contribution in [0.4, 0.5) is 0 Å². The summed E-state index contributed by atoms with van der Waals surface area (Å²) in [5.41, 5.74) is 2.56. The second-order valence-corrected chi connectivity index (χ2v) is 2.94. The van der Waals surface area contributed by atoms with Crippen LogP contribution in [0, 0.1) is 0 Å². The van der Waals surface area contributed by atoms with Crippen molar-refractivity contribution < 1.29 is 0 Å². The molecule has 0 radical (unpaired) electrons. The third kappa shape index (κ3) is 1.09. The number of aryl methyl sites for hydroxylation is 1. The Balaban J connectivity index is 2.35. The number of aliphatic imine (C=N–C) groups is 1. The summed E-state index contributed by atoms with van der Waals surface area (Å²) in [7, 11) is 2.07. The lowest BCUT2D eigenvalue weighted by Gasteiger charge is -2.00. The van der Waals surface area contributed by atoms with Crippen LogP contribution in [-0.4, -0.2) is 16.8 Å². The first-order chi connectivity index (χ1) is 5.38. The molecule has 1 aromatic rings. The van der Waals surface area contributed by atoms with Crippen molar-refractivity contribution >= 4 is 5.71 Å². The first-order valence-electron chi connectivity index (χ1n) is 4.03. The predicted molar refractivity (Wildman–Crippen MR) is 46.1 cm³/mol. The van der Waals surface area contributed by atoms with Gasteiger partial charge in [0.25, 0.3) is 0 Å². The molecule has 2 heteroatoms. The fourth-order valence-electron chi connectivity index (χ4n) is 1.51. The minimum absolute atomic E-state index is 1.01. The number of rotatable bonds is 1. The monoisotopic (exact) mass is 148 g/mol. The second kappa shape index (κ2) is 2.53. The van der Waals surface area contributed by atoms with Crippen molar-refractivity contribution in [3.05, 3.63) is 24.0 Å². The highest BCUT2D eigenvalue weighted by Gasteiger charge is 2.10. The topological polar surface area (TPSA) is 17.3 Å². The standard InChI is InChI=1S/C9H12N2/c1-11-7-3-5-9(11)8-4-2-6-10-8/h3,5,7H,2,4,6H2,1H3. The molecular weight excluding hydrogens is 136 g/mol. The molecule has 0 aromatic carbocycles. The van der Waals surface area contributed by atoms with Gasteiger partial charge in [0.05, 0.1) is 11.4 Å². The molecule has 58 valence electrons. The van der Waals surface area contributed by atoms with Crippen molar-refractivity contribution in [1.29, 1.82) is 0 Å². The summed E-state index contributed by atoms with van der Waals surface area (Å²) in [5, 5.41) is 0. The zero-order chi connectivity index (χ0) is 7.68. The van der Waals surface area contributed by atoms with Crippen LogP contribution >= 0.6 is 0 Å². The molecule has 11 heavy (non-hydrogen) atoms. The number of nitrogens with zero attached hydrogens (tertiary/aromatic N) is 2. The molecule has 0 saturated heterocycles. The molecule has 0 atom stereocenters. The molecule has 0 fully saturated rings. The largest absolute Gasteiger partial charge is 0.350 e. The van der Waals surface area contributed by atoms with Crippen LogP contribution in [-0.2, 0) is 7.05 Å². The van der Waals surface area contributed by atoms with E-state index in [0.717, 1.165) is 13.0 Å². The van der Waals surface area contributed by atoms with Crippen molar-refractivity contribution in [2.75, 3.05) is 6.54 Å². The van der Waals surface area contributed by atoms with E-state index in [1.54, 1.807) is 0 Å². The van der Waals surface area contributed by atoms with E-state index in [-0.39, 0.29) is 0 Å². The molecule has 0 bridgehead atoms. The third-order valence-corrected chi connectivity index (χ3v) is 2.11. The first kappa shape index (κ1) is 6.65. The minimum atomic E-state index is 1.01. The van der Waals surface area contributed by atoms with E-state index >= 15 is 0 Å². The van der Waals surface area contributed by atoms with Crippen molar-refractivity contribution in [2.45, 2.75) is 12.8 Å². The number of hydrogen-bond donors (Lipinski definition) is 0. The minimum Gasteiger partial charge on any atom is -0.350 e. The Labute approximate surface area is 66.6 Å². The summed E-state index contributed by atoms with van der Waals surface area (Å²) in [4.78, 5) is 4.43. The average Bonchev–Trinajstić information content (AvgIpc) is 2.55. The highest BCUT2D eigenvalue weighted by molar-refractivity contribution is 6.00. The van der Waals surface area contributed by atoms with Gasteiger partial charge in [0.2, 0.25) is 0 Å². The van der Waals surface area contributed by atoms with E-state index in [0.29, 0.717) is 0 Å². The maximum Gasteiger partial charge on any atom is 0.0618 e. The quantitative estimate of drug-likeness (QED) is 0.575. The molecular formula is C9H12N2. The Kier molecular flexibility index (Phi) is 1.53. The molecule has 0 amide bonds. The van der Waals surface area contributed by atoms with Crippen LogP contribution in [0.15, 0.2) is 23.3 Å². The maximum atomic E-state index is 4.43. The first-order valence-corrected chi connectivity index (χ1v) is 4.03. The van der Waals surface area contributed by atoms with E-state index in [2.05, 4.69) is 34.9 Å². The molecule has 2 nitrogen and oxygen atoms in total. The molecule has 0 aliphatic carbocycles. The van der Waals surface area contributed by atoms with Gasteiger partial charge in [-0.3, -0.25) is 4.99 Å². The zero-order valence-electron chi connectivity index (χ0n) is 6.75. The fraction of sp³-hybridized carbons (Fsp3) is 0.444. The van der Waals surface area contributed by atoms with Crippen LogP contribution in [0.5, 0.6) is 0 Å². The van der Waals surface area contributed by atoms with Gasteiger partial charge < -0.3 is 4.57 Å². The van der Waals surface area contributed by atoms with Gasteiger partial charge in [0.1, 0.15) is 0 Å². The lowest BCUT2D eigenvalue weighted by molar-refractivity contribution is 0.908. The predicted octanol–water partition coefficient (Wildman–Crippen LogP) is 1.61. The Morgan fingerprint density at radius 2 is 2.45 bits per heavy atom. The fourth-order valence-corrected chi connectivity index (χ4v) is 1.51. The third-order valence-electron chi connectivity index (χ3n) is 2.11. The molecule has 1 aromatic heterocycles. The van der Waals surface area contributed by atoms with Crippen LogP contribution in [0.2, 0.25) is 0 Å². The summed E-state index contributed by atoms with van der Waals surface area (Å²) >= 11 is 0. The molecule has 1 aliphatic heterocycles. The van der Waals surface area contributed by atoms with Gasteiger partial charge >= 0.3 is 0 Å². The van der Waals surface area contributed by atoms with E-state index in [4.69, 9.17) is 0 Å². The highest BCUT2D eigenvalue weighted by Crippen LogP contribution is 2.12. The SMILES string of the molecule is Cn1cccc1C1=NCCC1. The number of aromatic nitrogens is 1. The molecule has 0 saturated carbocycles. The summed E-state index contributed by atoms with van der Waals surface area (Å²) in [6.07, 6.45) is 4.44. The number of hydrogen-bond acceptors (Lipinski definition) is 1. The van der Waals surface area contributed by atoms with Crippen LogP contribution in [0.1, 0.15) is 18.5 Å². The van der Waals surface area contributed by atoms with Gasteiger partial charge in [-0.15, -0.1) is 0 Å². The molecule has 2 heterocycles. The Bertz CT molecular complexity index is 284. The Hall–Kier alpha value is -1.05. The summed E-state index contributed by atoms with van der Waals surface area (Å²) < 4.78 is 2.13.